The van der Waals surface area contributed by atoms with E-state index in [1.165, 1.54) is 5.56 Å². The smallest absolute Gasteiger partial charge is 0.404 e. The number of hydrogen-bond donors (Lipinski definition) is 5. The summed E-state index contributed by atoms with van der Waals surface area (Å²) >= 11 is 0. The van der Waals surface area contributed by atoms with Gasteiger partial charge in [-0.25, -0.2) is 4.57 Å². The summed E-state index contributed by atoms with van der Waals surface area (Å²) in [5, 5.41) is 14.7. The second kappa shape index (κ2) is 23.1. The molecule has 11 heteroatoms. The van der Waals surface area contributed by atoms with E-state index in [1.807, 2.05) is 72.8 Å². The van der Waals surface area contributed by atoms with Crippen molar-refractivity contribution < 1.29 is 38.0 Å². The summed E-state index contributed by atoms with van der Waals surface area (Å²) in [5.74, 6) is -0.321. The minimum Gasteiger partial charge on any atom is -0.404 e. The Morgan fingerprint density at radius 3 is 1.97 bits per heavy atom. The van der Waals surface area contributed by atoms with Crippen molar-refractivity contribution in [2.45, 2.75) is 95.1 Å². The number of nitrogens with two attached hydrogens (primary N) is 1. The largest absolute Gasteiger partial charge is 0.524 e. The van der Waals surface area contributed by atoms with Crippen LogP contribution in [-0.2, 0) is 32.5 Å². The number of aliphatic hydroxyl groups excluding tert-OH is 1. The van der Waals surface area contributed by atoms with Gasteiger partial charge in [-0.05, 0) is 98.7 Å². The highest BCUT2D eigenvalue weighted by Crippen LogP contribution is 2.42. The average molecular weight is 815 g/mol. The minimum absolute atomic E-state index is 0.0995. The lowest BCUT2D eigenvalue weighted by molar-refractivity contribution is -0.940. The number of carbonyl (C=O) groups is 1. The highest BCUT2D eigenvalue weighted by Gasteiger charge is 2.43. The van der Waals surface area contributed by atoms with Gasteiger partial charge in [-0.15, -0.1) is 0 Å². The number of nitrogens with zero attached hydrogens (tertiary/aromatic N) is 1. The number of phosphoric acid groups is 1. The molecule has 314 valence electrons. The van der Waals surface area contributed by atoms with Gasteiger partial charge in [-0.1, -0.05) is 110 Å². The van der Waals surface area contributed by atoms with Gasteiger partial charge >= 0.3 is 7.82 Å². The molecule has 1 aliphatic rings. The van der Waals surface area contributed by atoms with Crippen LogP contribution in [0.1, 0.15) is 105 Å². The molecule has 58 heavy (non-hydrogen) atoms. The van der Waals surface area contributed by atoms with Crippen LogP contribution in [-0.4, -0.2) is 71.2 Å². The van der Waals surface area contributed by atoms with Gasteiger partial charge in [0.2, 0.25) is 5.91 Å². The third kappa shape index (κ3) is 13.9. The van der Waals surface area contributed by atoms with Crippen LogP contribution in [0.25, 0.3) is 0 Å². The number of hydrogen-bond acceptors (Lipinski definition) is 6. The molecule has 0 radical (unpaired) electrons. The van der Waals surface area contributed by atoms with Crippen LogP contribution in [0.5, 0.6) is 5.75 Å². The normalized spacial score (nSPS) is 15.1. The molecule has 1 unspecified atom stereocenters. The number of carbonyl (C=O) groups excluding carboxylic acids is 1. The molecule has 1 aliphatic heterocycles. The number of likely N-dealkylation sites (tertiary alicyclic amines) is 1. The molecule has 4 aromatic carbocycles. The SMILES string of the molecule is NC(=O)C(CC[N+]1(Cc2cc(C(O)CNCCCCCCOCCCCc3ccccc3)ccc2OP(=O)(O)O)CCCCCC1)(c1ccccc1)c1ccccc1. The lowest BCUT2D eigenvalue weighted by Gasteiger charge is -2.42. The van der Waals surface area contributed by atoms with Crippen molar-refractivity contribution in [1.29, 1.82) is 0 Å². The predicted molar refractivity (Wildman–Crippen MR) is 230 cm³/mol. The van der Waals surface area contributed by atoms with Crippen molar-refractivity contribution in [2.24, 2.45) is 5.73 Å². The topological polar surface area (TPSA) is 151 Å². The monoisotopic (exact) mass is 814 g/mol. The van der Waals surface area contributed by atoms with Gasteiger partial charge in [0, 0.05) is 31.7 Å². The van der Waals surface area contributed by atoms with Gasteiger partial charge in [0.05, 0.1) is 25.7 Å². The van der Waals surface area contributed by atoms with Crippen LogP contribution < -0.4 is 15.6 Å². The molecule has 1 heterocycles. The number of rotatable bonds is 25. The van der Waals surface area contributed by atoms with Gasteiger partial charge in [0.15, 0.2) is 0 Å². The van der Waals surface area contributed by atoms with Crippen molar-refractivity contribution in [2.75, 3.05) is 45.9 Å². The second-order valence-corrected chi connectivity index (χ2v) is 17.1. The number of phosphoric ester groups is 1. The van der Waals surface area contributed by atoms with E-state index in [0.29, 0.717) is 41.7 Å². The zero-order chi connectivity index (χ0) is 41.1. The number of primary amides is 1. The van der Waals surface area contributed by atoms with E-state index in [-0.39, 0.29) is 5.75 Å². The molecule has 1 amide bonds. The van der Waals surface area contributed by atoms with E-state index >= 15 is 0 Å². The molecule has 6 N–H and O–H groups in total. The first-order valence-electron chi connectivity index (χ1n) is 21.2. The highest BCUT2D eigenvalue weighted by molar-refractivity contribution is 7.46. The van der Waals surface area contributed by atoms with Crippen molar-refractivity contribution >= 4 is 13.7 Å². The maximum Gasteiger partial charge on any atom is 0.524 e. The summed E-state index contributed by atoms with van der Waals surface area (Å²) in [4.78, 5) is 33.5. The number of nitrogens with one attached hydrogen (secondary N) is 1. The number of benzene rings is 4. The molecular weight excluding hydrogens is 750 g/mol. The van der Waals surface area contributed by atoms with Crippen LogP contribution in [0.2, 0.25) is 0 Å². The number of unbranched alkanes of at least 4 members (excludes halogenated alkanes) is 4. The molecule has 0 bridgehead atoms. The molecule has 0 aliphatic carbocycles. The van der Waals surface area contributed by atoms with Crippen LogP contribution in [0.4, 0.5) is 0 Å². The molecule has 1 atom stereocenters. The molecule has 1 fully saturated rings. The van der Waals surface area contributed by atoms with Gasteiger partial charge < -0.3 is 29.9 Å². The standard InChI is InChI=1S/C47H64N3O7P/c48-46(52)47(42-23-10-6-11-24-42,43-25-12-7-13-26-43)29-33-50(31-16-2-3-17-32-50)38-41-36-40(27-28-45(41)57-58(53,54)55)44(51)37-49-30-15-1-4-18-34-56-35-19-14-22-39-20-8-5-9-21-39/h5-13,20-21,23-28,36,44,49,51H,1-4,14-19,22,29-35,37-38H2,(H3-,48,52,53,54,55)/p+1. The van der Waals surface area contributed by atoms with Gasteiger partial charge in [-0.2, -0.15) is 0 Å². The maximum absolute atomic E-state index is 13.7. The first kappa shape index (κ1) is 45.2. The minimum atomic E-state index is -4.88. The fourth-order valence-electron chi connectivity index (χ4n) is 8.49. The summed E-state index contributed by atoms with van der Waals surface area (Å²) in [5.41, 5.74) is 9.58. The number of amides is 1. The van der Waals surface area contributed by atoms with E-state index in [2.05, 4.69) is 29.6 Å². The summed E-state index contributed by atoms with van der Waals surface area (Å²) in [6.07, 6.45) is 11.2. The molecule has 0 saturated carbocycles. The molecular formula is C47H65N3O7P+. The number of ether oxygens (including phenoxy) is 1. The fraction of sp³-hybridized carbons (Fsp3) is 0.468. The number of aryl methyl sites for hydroxylation is 1. The van der Waals surface area contributed by atoms with Crippen LogP contribution in [0.15, 0.2) is 109 Å². The Morgan fingerprint density at radius 1 is 0.776 bits per heavy atom. The Kier molecular flexibility index (Phi) is 18.0. The van der Waals surface area contributed by atoms with Gasteiger partial charge in [-0.3, -0.25) is 14.6 Å². The van der Waals surface area contributed by atoms with Crippen LogP contribution in [0.3, 0.4) is 0 Å². The van der Waals surface area contributed by atoms with Gasteiger partial charge in [0.25, 0.3) is 0 Å². The lowest BCUT2D eigenvalue weighted by atomic mass is 9.71. The Hall–Kier alpha value is -3.86. The Bertz CT molecular complexity index is 1790. The third-order valence-corrected chi connectivity index (χ3v) is 12.1. The van der Waals surface area contributed by atoms with E-state index < -0.39 is 25.2 Å². The lowest BCUT2D eigenvalue weighted by Crippen LogP contribution is -2.52. The number of aliphatic hydroxyl groups is 1. The van der Waals surface area contributed by atoms with Crippen molar-refractivity contribution in [3.63, 3.8) is 0 Å². The molecule has 0 spiro atoms. The Balaban J connectivity index is 1.19. The molecule has 0 aromatic heterocycles. The predicted octanol–water partition coefficient (Wildman–Crippen LogP) is 8.13. The van der Waals surface area contributed by atoms with E-state index in [4.69, 9.17) is 15.0 Å². The van der Waals surface area contributed by atoms with Crippen LogP contribution >= 0.6 is 7.82 Å². The molecule has 10 nitrogen and oxygen atoms in total. The van der Waals surface area contributed by atoms with E-state index in [0.717, 1.165) is 115 Å². The highest BCUT2D eigenvalue weighted by atomic mass is 31.2. The zero-order valence-corrected chi connectivity index (χ0v) is 35.0. The maximum atomic E-state index is 13.7. The zero-order valence-electron chi connectivity index (χ0n) is 34.1. The van der Waals surface area contributed by atoms with E-state index in [1.54, 1.807) is 12.1 Å². The first-order valence-corrected chi connectivity index (χ1v) is 22.8. The van der Waals surface area contributed by atoms with Gasteiger partial charge in [0.1, 0.15) is 17.7 Å². The van der Waals surface area contributed by atoms with Crippen molar-refractivity contribution in [1.82, 2.24) is 5.32 Å². The fourth-order valence-corrected chi connectivity index (χ4v) is 8.92. The summed E-state index contributed by atoms with van der Waals surface area (Å²) in [6, 6.07) is 35.0. The van der Waals surface area contributed by atoms with Crippen LogP contribution in [0, 0.1) is 0 Å². The molecule has 5 rings (SSSR count). The molecule has 4 aromatic rings. The van der Waals surface area contributed by atoms with E-state index in [9.17, 15) is 24.3 Å². The number of quaternary nitrogens is 1. The summed E-state index contributed by atoms with van der Waals surface area (Å²) < 4.78 is 23.9. The average Bonchev–Trinajstić information content (AvgIpc) is 3.46. The Labute approximate surface area is 345 Å². The third-order valence-electron chi connectivity index (χ3n) is 11.7. The first-order chi connectivity index (χ1) is 28.1. The van der Waals surface area contributed by atoms with Crippen molar-refractivity contribution in [3.8, 4) is 5.75 Å². The van der Waals surface area contributed by atoms with Crippen molar-refractivity contribution in [3.05, 3.63) is 137 Å². The quantitative estimate of drug-likeness (QED) is 0.0256. The Morgan fingerprint density at radius 2 is 1.36 bits per heavy atom. The second-order valence-electron chi connectivity index (χ2n) is 16.0. The molecule has 1 saturated heterocycles. The summed E-state index contributed by atoms with van der Waals surface area (Å²) in [6.45, 7) is 5.36. The summed E-state index contributed by atoms with van der Waals surface area (Å²) in [7, 11) is -4.88.